The third kappa shape index (κ3) is 4.19. The van der Waals surface area contributed by atoms with Crippen LogP contribution < -0.4 is 5.32 Å². The second-order valence-corrected chi connectivity index (χ2v) is 6.80. The molecule has 0 radical (unpaired) electrons. The van der Waals surface area contributed by atoms with E-state index in [1.54, 1.807) is 42.7 Å². The minimum Gasteiger partial charge on any atom is -0.478 e. The van der Waals surface area contributed by atoms with E-state index in [2.05, 4.69) is 11.4 Å². The van der Waals surface area contributed by atoms with Crippen molar-refractivity contribution in [2.75, 3.05) is 5.32 Å². The molecule has 0 saturated carbocycles. The van der Waals surface area contributed by atoms with Crippen molar-refractivity contribution in [1.29, 1.82) is 0 Å². The number of carbonyl (C=O) groups is 2. The maximum Gasteiger partial charge on any atom is 0.337 e. The molecule has 1 aromatic heterocycles. The average molecular weight is 385 g/mol. The Labute approximate surface area is 167 Å². The zero-order valence-corrected chi connectivity index (χ0v) is 15.6. The molecule has 29 heavy (non-hydrogen) atoms. The van der Waals surface area contributed by atoms with Gasteiger partial charge >= 0.3 is 5.97 Å². The van der Waals surface area contributed by atoms with E-state index in [0.717, 1.165) is 34.9 Å². The van der Waals surface area contributed by atoms with Gasteiger partial charge in [-0.1, -0.05) is 30.3 Å². The fraction of sp³-hybridized carbons (Fsp3) is 0.0833. The molecule has 0 saturated heterocycles. The highest BCUT2D eigenvalue weighted by Gasteiger charge is 2.14. The maximum atomic E-state index is 12.5. The van der Waals surface area contributed by atoms with Crippen molar-refractivity contribution in [3.8, 4) is 0 Å². The minimum absolute atomic E-state index is 0.0675. The molecule has 5 nitrogen and oxygen atoms in total. The van der Waals surface area contributed by atoms with E-state index in [-0.39, 0.29) is 11.5 Å². The molecule has 0 bridgehead atoms. The van der Waals surface area contributed by atoms with Gasteiger partial charge in [0.05, 0.1) is 17.5 Å². The number of carboxylic acid groups (broad SMARTS) is 1. The molecule has 3 aromatic carbocycles. The second kappa shape index (κ2) is 8.02. The van der Waals surface area contributed by atoms with Gasteiger partial charge in [0, 0.05) is 10.9 Å². The predicted molar refractivity (Wildman–Crippen MR) is 111 cm³/mol. The Hall–Kier alpha value is -3.86. The van der Waals surface area contributed by atoms with E-state index in [1.165, 1.54) is 6.07 Å². The van der Waals surface area contributed by atoms with Gasteiger partial charge in [0.2, 0.25) is 0 Å². The summed E-state index contributed by atoms with van der Waals surface area (Å²) in [6.07, 6.45) is 3.18. The molecule has 0 aliphatic heterocycles. The van der Waals surface area contributed by atoms with E-state index in [9.17, 15) is 14.7 Å². The number of amides is 1. The molecule has 0 atom stereocenters. The summed E-state index contributed by atoms with van der Waals surface area (Å²) >= 11 is 0. The zero-order valence-electron chi connectivity index (χ0n) is 15.6. The number of hydrogen-bond acceptors (Lipinski definition) is 3. The smallest absolute Gasteiger partial charge is 0.337 e. The van der Waals surface area contributed by atoms with Crippen molar-refractivity contribution in [2.24, 2.45) is 0 Å². The van der Waals surface area contributed by atoms with E-state index in [1.807, 2.05) is 24.3 Å². The van der Waals surface area contributed by atoms with Gasteiger partial charge in [0.15, 0.2) is 0 Å². The molecule has 0 unspecified atom stereocenters. The first-order valence-electron chi connectivity index (χ1n) is 9.29. The van der Waals surface area contributed by atoms with Crippen molar-refractivity contribution < 1.29 is 19.1 Å². The second-order valence-electron chi connectivity index (χ2n) is 6.80. The monoisotopic (exact) mass is 385 g/mol. The largest absolute Gasteiger partial charge is 0.478 e. The van der Waals surface area contributed by atoms with Crippen LogP contribution in [0.25, 0.3) is 11.0 Å². The number of anilines is 1. The van der Waals surface area contributed by atoms with Crippen LogP contribution in [0.15, 0.2) is 83.5 Å². The third-order valence-electron chi connectivity index (χ3n) is 4.82. The van der Waals surface area contributed by atoms with E-state index in [4.69, 9.17) is 4.42 Å². The lowest BCUT2D eigenvalue weighted by molar-refractivity contribution is 0.0698. The number of aryl methyl sites for hydroxylation is 2. The summed E-state index contributed by atoms with van der Waals surface area (Å²) in [4.78, 5) is 24.0. The Bertz CT molecular complexity index is 1180. The van der Waals surface area contributed by atoms with Gasteiger partial charge in [-0.25, -0.2) is 4.79 Å². The summed E-state index contributed by atoms with van der Waals surface area (Å²) in [6.45, 7) is 0. The summed E-state index contributed by atoms with van der Waals surface area (Å²) in [5.74, 6) is -1.42. The van der Waals surface area contributed by atoms with Gasteiger partial charge in [0.1, 0.15) is 5.58 Å². The highest BCUT2D eigenvalue weighted by atomic mass is 16.4. The van der Waals surface area contributed by atoms with E-state index < -0.39 is 5.97 Å². The Morgan fingerprint density at radius 1 is 0.862 bits per heavy atom. The van der Waals surface area contributed by atoms with E-state index >= 15 is 0 Å². The standard InChI is InChI=1S/C24H19NO4/c26-23(18-4-2-1-3-5-18)25-21-15-17(8-10-20(21)24(27)28)7-6-16-9-11-22-19(14-16)12-13-29-22/h1-5,8-15H,6-7H2,(H,25,26)(H,27,28). The molecule has 2 N–H and O–H groups in total. The molecule has 0 spiro atoms. The molecular formula is C24H19NO4. The number of aromatic carboxylic acids is 1. The SMILES string of the molecule is O=C(Nc1cc(CCc2ccc3occc3c2)ccc1C(=O)O)c1ccccc1. The van der Waals surface area contributed by atoms with Crippen LogP contribution in [-0.4, -0.2) is 17.0 Å². The molecule has 0 aliphatic carbocycles. The Morgan fingerprint density at radius 2 is 1.59 bits per heavy atom. The van der Waals surface area contributed by atoms with Gasteiger partial charge in [-0.05, 0) is 66.4 Å². The predicted octanol–water partition coefficient (Wildman–Crippen LogP) is 5.17. The summed E-state index contributed by atoms with van der Waals surface area (Å²) in [5.41, 5.74) is 3.81. The molecule has 0 fully saturated rings. The normalized spacial score (nSPS) is 10.8. The van der Waals surface area contributed by atoms with Gasteiger partial charge in [-0.15, -0.1) is 0 Å². The topological polar surface area (TPSA) is 79.5 Å². The fourth-order valence-corrected chi connectivity index (χ4v) is 3.28. The fourth-order valence-electron chi connectivity index (χ4n) is 3.28. The molecule has 144 valence electrons. The van der Waals surface area contributed by atoms with Crippen LogP contribution in [0, 0.1) is 0 Å². The first-order chi connectivity index (χ1) is 14.1. The third-order valence-corrected chi connectivity index (χ3v) is 4.82. The van der Waals surface area contributed by atoms with Crippen molar-refractivity contribution in [2.45, 2.75) is 12.8 Å². The van der Waals surface area contributed by atoms with Gasteiger partial charge in [0.25, 0.3) is 5.91 Å². The first kappa shape index (κ1) is 18.5. The number of fused-ring (bicyclic) bond motifs is 1. The van der Waals surface area contributed by atoms with Crippen LogP contribution in [0.3, 0.4) is 0 Å². The van der Waals surface area contributed by atoms with Crippen LogP contribution >= 0.6 is 0 Å². The Morgan fingerprint density at radius 3 is 2.34 bits per heavy atom. The van der Waals surface area contributed by atoms with Crippen LogP contribution in [0.1, 0.15) is 31.8 Å². The summed E-state index contributed by atoms with van der Waals surface area (Å²) in [6, 6.07) is 21.8. The van der Waals surface area contributed by atoms with Crippen molar-refractivity contribution in [1.82, 2.24) is 0 Å². The number of nitrogens with one attached hydrogen (secondary N) is 1. The van der Waals surface area contributed by atoms with Gasteiger partial charge in [-0.2, -0.15) is 0 Å². The van der Waals surface area contributed by atoms with Crippen LogP contribution in [-0.2, 0) is 12.8 Å². The van der Waals surface area contributed by atoms with Crippen LogP contribution in [0.2, 0.25) is 0 Å². The quantitative estimate of drug-likeness (QED) is 0.480. The molecule has 0 aliphatic rings. The molecule has 5 heteroatoms. The number of benzene rings is 3. The van der Waals surface area contributed by atoms with Gasteiger partial charge < -0.3 is 14.8 Å². The number of rotatable bonds is 6. The number of carbonyl (C=O) groups excluding carboxylic acids is 1. The number of furan rings is 1. The lowest BCUT2D eigenvalue weighted by Crippen LogP contribution is -2.15. The van der Waals surface area contributed by atoms with Crippen molar-refractivity contribution in [3.05, 3.63) is 101 Å². The minimum atomic E-state index is -1.08. The van der Waals surface area contributed by atoms with Gasteiger partial charge in [-0.3, -0.25) is 4.79 Å². The van der Waals surface area contributed by atoms with E-state index in [0.29, 0.717) is 11.3 Å². The molecule has 1 heterocycles. The maximum absolute atomic E-state index is 12.5. The Balaban J connectivity index is 1.54. The zero-order chi connectivity index (χ0) is 20.2. The van der Waals surface area contributed by atoms with Crippen molar-refractivity contribution >= 4 is 28.5 Å². The van der Waals surface area contributed by atoms with Crippen LogP contribution in [0.4, 0.5) is 5.69 Å². The number of carboxylic acids is 1. The first-order valence-corrected chi connectivity index (χ1v) is 9.29. The molecule has 4 rings (SSSR count). The lowest BCUT2D eigenvalue weighted by atomic mass is 10.0. The Kier molecular flexibility index (Phi) is 5.12. The van der Waals surface area contributed by atoms with Crippen LogP contribution in [0.5, 0.6) is 0 Å². The highest BCUT2D eigenvalue weighted by molar-refractivity contribution is 6.07. The average Bonchev–Trinajstić information content (AvgIpc) is 3.20. The summed E-state index contributed by atoms with van der Waals surface area (Å²) in [7, 11) is 0. The molecule has 4 aromatic rings. The summed E-state index contributed by atoms with van der Waals surface area (Å²) < 4.78 is 5.36. The number of hydrogen-bond donors (Lipinski definition) is 2. The molecule has 1 amide bonds. The summed E-state index contributed by atoms with van der Waals surface area (Å²) in [5, 5.41) is 13.3. The van der Waals surface area contributed by atoms with Crippen molar-refractivity contribution in [3.63, 3.8) is 0 Å². The lowest BCUT2D eigenvalue weighted by Gasteiger charge is -2.11. The highest BCUT2D eigenvalue weighted by Crippen LogP contribution is 2.22. The molecular weight excluding hydrogens is 366 g/mol.